The molecule has 16 heavy (non-hydrogen) atoms. The van der Waals surface area contributed by atoms with Crippen molar-refractivity contribution in [3.05, 3.63) is 9.47 Å². The van der Waals surface area contributed by atoms with Gasteiger partial charge >= 0.3 is 0 Å². The molecular formula is C10H12ClN3OS. The summed E-state index contributed by atoms with van der Waals surface area (Å²) in [5.41, 5.74) is 0. The lowest BCUT2D eigenvalue weighted by Crippen LogP contribution is -2.34. The van der Waals surface area contributed by atoms with E-state index in [-0.39, 0.29) is 5.91 Å². The summed E-state index contributed by atoms with van der Waals surface area (Å²) < 4.78 is 0.338. The van der Waals surface area contributed by atoms with Gasteiger partial charge in [-0.05, 0) is 43.2 Å². The highest BCUT2D eigenvalue weighted by Crippen LogP contribution is 2.35. The Kier molecular flexibility index (Phi) is 2.59. The molecule has 2 aliphatic carbocycles. The van der Waals surface area contributed by atoms with Crippen LogP contribution in [0.3, 0.4) is 0 Å². The second-order valence-corrected chi connectivity index (χ2v) is 6.05. The highest BCUT2D eigenvalue weighted by Gasteiger charge is 2.37. The van der Waals surface area contributed by atoms with Crippen LogP contribution in [0.2, 0.25) is 4.47 Å². The van der Waals surface area contributed by atoms with Crippen LogP contribution in [-0.4, -0.2) is 33.6 Å². The monoisotopic (exact) mass is 257 g/mol. The minimum Gasteiger partial charge on any atom is -0.333 e. The lowest BCUT2D eigenvalue weighted by Gasteiger charge is -2.20. The van der Waals surface area contributed by atoms with Crippen LogP contribution in [0.15, 0.2) is 0 Å². The van der Waals surface area contributed by atoms with Crippen molar-refractivity contribution in [2.45, 2.75) is 31.7 Å². The van der Waals surface area contributed by atoms with Crippen LogP contribution in [-0.2, 0) is 0 Å². The number of hydrogen-bond acceptors (Lipinski definition) is 4. The number of carbonyl (C=O) groups excluding carboxylic acids is 1. The van der Waals surface area contributed by atoms with E-state index in [1.54, 1.807) is 0 Å². The molecule has 0 N–H and O–H groups in total. The normalized spacial score (nSPS) is 19.8. The van der Waals surface area contributed by atoms with Crippen LogP contribution in [0.4, 0.5) is 0 Å². The maximum atomic E-state index is 12.2. The van der Waals surface area contributed by atoms with Gasteiger partial charge in [0, 0.05) is 12.6 Å². The quantitative estimate of drug-likeness (QED) is 0.831. The molecule has 0 atom stereocenters. The fraction of sp³-hybridized carbons (Fsp3) is 0.700. The Morgan fingerprint density at radius 2 is 2.12 bits per heavy atom. The highest BCUT2D eigenvalue weighted by molar-refractivity contribution is 7.17. The van der Waals surface area contributed by atoms with Crippen molar-refractivity contribution in [3.63, 3.8) is 0 Å². The molecule has 2 fully saturated rings. The minimum atomic E-state index is 0.0128. The third kappa shape index (κ3) is 2.20. The Labute approximate surface area is 103 Å². The Morgan fingerprint density at radius 3 is 2.62 bits per heavy atom. The molecule has 6 heteroatoms. The number of nitrogens with zero attached hydrogens (tertiary/aromatic N) is 3. The van der Waals surface area contributed by atoms with Crippen molar-refractivity contribution in [2.75, 3.05) is 6.54 Å². The molecular weight excluding hydrogens is 246 g/mol. The summed E-state index contributed by atoms with van der Waals surface area (Å²) in [7, 11) is 0. The predicted octanol–water partition coefficient (Wildman–Crippen LogP) is 2.21. The highest BCUT2D eigenvalue weighted by atomic mass is 35.5. The molecule has 0 spiro atoms. The summed E-state index contributed by atoms with van der Waals surface area (Å²) in [5, 5.41) is 7.93. The second kappa shape index (κ2) is 3.96. The van der Waals surface area contributed by atoms with Crippen LogP contribution in [0.25, 0.3) is 0 Å². The lowest BCUT2D eigenvalue weighted by molar-refractivity contribution is 0.0733. The van der Waals surface area contributed by atoms with E-state index in [1.165, 1.54) is 24.2 Å². The largest absolute Gasteiger partial charge is 0.333 e. The van der Waals surface area contributed by atoms with Gasteiger partial charge in [-0.1, -0.05) is 11.3 Å². The van der Waals surface area contributed by atoms with Crippen molar-refractivity contribution in [1.82, 2.24) is 15.1 Å². The van der Waals surface area contributed by atoms with Gasteiger partial charge < -0.3 is 4.90 Å². The average molecular weight is 258 g/mol. The van der Waals surface area contributed by atoms with Gasteiger partial charge in [0.25, 0.3) is 5.91 Å². The molecule has 4 nitrogen and oxygen atoms in total. The van der Waals surface area contributed by atoms with E-state index in [9.17, 15) is 4.79 Å². The minimum absolute atomic E-state index is 0.0128. The van der Waals surface area contributed by atoms with E-state index in [2.05, 4.69) is 10.2 Å². The first-order valence-electron chi connectivity index (χ1n) is 5.54. The number of aromatic nitrogens is 2. The fourth-order valence-corrected chi connectivity index (χ4v) is 2.56. The van der Waals surface area contributed by atoms with Gasteiger partial charge in [0.1, 0.15) is 0 Å². The number of rotatable bonds is 4. The molecule has 2 aliphatic rings. The van der Waals surface area contributed by atoms with Crippen molar-refractivity contribution < 1.29 is 4.79 Å². The molecule has 0 saturated heterocycles. The van der Waals surface area contributed by atoms with E-state index in [1.807, 2.05) is 4.90 Å². The van der Waals surface area contributed by atoms with Gasteiger partial charge in [-0.15, -0.1) is 10.2 Å². The van der Waals surface area contributed by atoms with E-state index in [4.69, 9.17) is 11.6 Å². The molecule has 1 aromatic heterocycles. The molecule has 1 heterocycles. The molecule has 0 aromatic carbocycles. The van der Waals surface area contributed by atoms with Crippen LogP contribution < -0.4 is 0 Å². The standard InChI is InChI=1S/C10H12ClN3OS/c11-10-13-12-8(16-10)9(15)14(7-3-4-7)5-6-1-2-6/h6-7H,1-5H2. The smallest absolute Gasteiger partial charge is 0.285 e. The lowest BCUT2D eigenvalue weighted by atomic mass is 10.3. The molecule has 86 valence electrons. The number of carbonyl (C=O) groups is 1. The molecule has 1 amide bonds. The van der Waals surface area contributed by atoms with E-state index in [0.29, 0.717) is 21.4 Å². The molecule has 3 rings (SSSR count). The summed E-state index contributed by atoms with van der Waals surface area (Å²) in [6, 6.07) is 0.441. The average Bonchev–Trinajstić information content (AvgIpc) is 3.15. The fourth-order valence-electron chi connectivity index (χ4n) is 1.78. The van der Waals surface area contributed by atoms with Gasteiger partial charge in [-0.2, -0.15) is 0 Å². The van der Waals surface area contributed by atoms with Crippen LogP contribution in [0.5, 0.6) is 0 Å². The van der Waals surface area contributed by atoms with Gasteiger partial charge in [-0.25, -0.2) is 0 Å². The Bertz CT molecular complexity index is 414. The van der Waals surface area contributed by atoms with E-state index in [0.717, 1.165) is 19.4 Å². The number of hydrogen-bond donors (Lipinski definition) is 0. The van der Waals surface area contributed by atoms with Gasteiger partial charge in [0.2, 0.25) is 9.47 Å². The summed E-state index contributed by atoms with van der Waals surface area (Å²) in [6.45, 7) is 0.890. The van der Waals surface area contributed by atoms with Crippen LogP contribution >= 0.6 is 22.9 Å². The van der Waals surface area contributed by atoms with Crippen molar-refractivity contribution >= 4 is 28.8 Å². The molecule has 0 unspecified atom stereocenters. The maximum Gasteiger partial charge on any atom is 0.285 e. The Hall–Kier alpha value is -0.680. The second-order valence-electron chi connectivity index (χ2n) is 4.49. The van der Waals surface area contributed by atoms with Crippen molar-refractivity contribution in [1.29, 1.82) is 0 Å². The first-order chi connectivity index (χ1) is 7.74. The number of amides is 1. The van der Waals surface area contributed by atoms with Crippen LogP contribution in [0.1, 0.15) is 35.5 Å². The van der Waals surface area contributed by atoms with E-state index >= 15 is 0 Å². The Morgan fingerprint density at radius 1 is 1.38 bits per heavy atom. The summed E-state index contributed by atoms with van der Waals surface area (Å²) in [5.74, 6) is 0.728. The topological polar surface area (TPSA) is 46.1 Å². The SMILES string of the molecule is O=C(c1nnc(Cl)s1)N(CC1CC1)C1CC1. The number of halogens is 1. The zero-order valence-corrected chi connectivity index (χ0v) is 10.3. The van der Waals surface area contributed by atoms with Crippen molar-refractivity contribution in [3.8, 4) is 0 Å². The predicted molar refractivity (Wildman–Crippen MR) is 61.7 cm³/mol. The van der Waals surface area contributed by atoms with Gasteiger partial charge in [-0.3, -0.25) is 4.79 Å². The van der Waals surface area contributed by atoms with E-state index < -0.39 is 0 Å². The molecule has 0 bridgehead atoms. The zero-order chi connectivity index (χ0) is 11.1. The van der Waals surface area contributed by atoms with Gasteiger partial charge in [0.05, 0.1) is 0 Å². The summed E-state index contributed by atoms with van der Waals surface area (Å²) in [4.78, 5) is 14.1. The van der Waals surface area contributed by atoms with Crippen LogP contribution in [0, 0.1) is 5.92 Å². The maximum absolute atomic E-state index is 12.2. The third-order valence-electron chi connectivity index (χ3n) is 2.98. The summed E-state index contributed by atoms with van der Waals surface area (Å²) >= 11 is 6.87. The first-order valence-corrected chi connectivity index (χ1v) is 6.73. The zero-order valence-electron chi connectivity index (χ0n) is 8.73. The first kappa shape index (κ1) is 10.5. The van der Waals surface area contributed by atoms with Gasteiger partial charge in [0.15, 0.2) is 0 Å². The summed E-state index contributed by atoms with van der Waals surface area (Å²) in [6.07, 6.45) is 4.77. The Balaban J connectivity index is 1.74. The van der Waals surface area contributed by atoms with Crippen molar-refractivity contribution in [2.24, 2.45) is 5.92 Å². The molecule has 1 aromatic rings. The third-order valence-corrected chi connectivity index (χ3v) is 3.99. The molecule has 0 aliphatic heterocycles. The molecule has 0 radical (unpaired) electrons. The molecule has 2 saturated carbocycles.